The van der Waals surface area contributed by atoms with Gasteiger partial charge in [-0.1, -0.05) is 0 Å². The summed E-state index contributed by atoms with van der Waals surface area (Å²) in [5, 5.41) is 15.7. The number of nitrogens with one attached hydrogen (secondary N) is 1. The highest BCUT2D eigenvalue weighted by Crippen LogP contribution is 2.35. The molecule has 2 aromatic rings. The second-order valence-corrected chi connectivity index (χ2v) is 4.44. The van der Waals surface area contributed by atoms with Crippen molar-refractivity contribution in [3.63, 3.8) is 0 Å². The van der Waals surface area contributed by atoms with Crippen molar-refractivity contribution >= 4 is 22.8 Å². The summed E-state index contributed by atoms with van der Waals surface area (Å²) in [6, 6.07) is 1.83. The molecule has 0 aliphatic heterocycles. The number of nitrogens with zero attached hydrogens (tertiary/aromatic N) is 3. The molecule has 0 atom stereocenters. The van der Waals surface area contributed by atoms with Gasteiger partial charge in [-0.2, -0.15) is 0 Å². The molecule has 0 aliphatic rings. The molecule has 2 aromatic heterocycles. The molecule has 0 amide bonds. The van der Waals surface area contributed by atoms with Gasteiger partial charge in [-0.3, -0.25) is 10.1 Å². The highest BCUT2D eigenvalue weighted by Gasteiger charge is 2.24. The molecular formula is C10H10N4O2S. The van der Waals surface area contributed by atoms with Crippen molar-refractivity contribution in [3.8, 4) is 11.3 Å². The second-order valence-electron chi connectivity index (χ2n) is 3.32. The van der Waals surface area contributed by atoms with Gasteiger partial charge < -0.3 is 5.32 Å². The zero-order valence-corrected chi connectivity index (χ0v) is 10.1. The van der Waals surface area contributed by atoms with Crippen LogP contribution in [0, 0.1) is 17.0 Å². The summed E-state index contributed by atoms with van der Waals surface area (Å²) in [5.74, 6) is 0.227. The first-order valence-corrected chi connectivity index (χ1v) is 5.74. The van der Waals surface area contributed by atoms with Gasteiger partial charge in [0.2, 0.25) is 5.82 Å². The maximum absolute atomic E-state index is 11.1. The van der Waals surface area contributed by atoms with Gasteiger partial charge in [-0.05, 0) is 18.4 Å². The van der Waals surface area contributed by atoms with Crippen molar-refractivity contribution in [3.05, 3.63) is 32.8 Å². The van der Waals surface area contributed by atoms with Crippen molar-refractivity contribution < 1.29 is 4.92 Å². The topological polar surface area (TPSA) is 81.0 Å². The Labute approximate surface area is 102 Å². The Bertz CT molecular complexity index is 567. The minimum absolute atomic E-state index is 0.0866. The van der Waals surface area contributed by atoms with E-state index in [4.69, 9.17) is 0 Å². The van der Waals surface area contributed by atoms with E-state index in [-0.39, 0.29) is 11.5 Å². The van der Waals surface area contributed by atoms with Crippen molar-refractivity contribution in [2.24, 2.45) is 0 Å². The van der Waals surface area contributed by atoms with E-state index in [1.165, 1.54) is 17.7 Å². The van der Waals surface area contributed by atoms with Crippen molar-refractivity contribution in [2.45, 2.75) is 6.92 Å². The maximum Gasteiger partial charge on any atom is 0.337 e. The Morgan fingerprint density at radius 3 is 2.76 bits per heavy atom. The number of rotatable bonds is 3. The average Bonchev–Trinajstić information content (AvgIpc) is 2.74. The van der Waals surface area contributed by atoms with E-state index in [0.29, 0.717) is 5.69 Å². The molecule has 0 saturated carbocycles. The fraction of sp³-hybridized carbons (Fsp3) is 0.200. The van der Waals surface area contributed by atoms with Crippen LogP contribution in [0.3, 0.4) is 0 Å². The minimum atomic E-state index is -0.460. The van der Waals surface area contributed by atoms with Crippen LogP contribution in [0.1, 0.15) is 4.88 Å². The fourth-order valence-electron chi connectivity index (χ4n) is 1.56. The Kier molecular flexibility index (Phi) is 3.01. The lowest BCUT2D eigenvalue weighted by Gasteiger charge is -2.05. The number of aromatic nitrogens is 2. The summed E-state index contributed by atoms with van der Waals surface area (Å²) < 4.78 is 0. The summed E-state index contributed by atoms with van der Waals surface area (Å²) in [6.45, 7) is 1.91. The Hall–Kier alpha value is -2.02. The third-order valence-corrected chi connectivity index (χ3v) is 3.20. The Balaban J connectivity index is 2.70. The van der Waals surface area contributed by atoms with Crippen LogP contribution >= 0.6 is 11.3 Å². The molecule has 0 aromatic carbocycles. The molecule has 0 bridgehead atoms. The van der Waals surface area contributed by atoms with Gasteiger partial charge >= 0.3 is 5.69 Å². The van der Waals surface area contributed by atoms with E-state index in [1.54, 1.807) is 7.05 Å². The molecule has 17 heavy (non-hydrogen) atoms. The van der Waals surface area contributed by atoms with Crippen LogP contribution < -0.4 is 5.32 Å². The SMILES string of the molecule is CNc1ncnc(-c2ccsc2C)c1[N+](=O)[O-]. The molecular weight excluding hydrogens is 240 g/mol. The smallest absolute Gasteiger partial charge is 0.337 e. The van der Waals surface area contributed by atoms with Gasteiger partial charge in [0.05, 0.1) is 4.92 Å². The summed E-state index contributed by atoms with van der Waals surface area (Å²) in [4.78, 5) is 19.5. The van der Waals surface area contributed by atoms with Crippen LogP contribution in [0.2, 0.25) is 0 Å². The van der Waals surface area contributed by atoms with Crippen molar-refractivity contribution in [1.82, 2.24) is 9.97 Å². The largest absolute Gasteiger partial charge is 0.367 e. The first-order chi connectivity index (χ1) is 8.15. The lowest BCUT2D eigenvalue weighted by atomic mass is 10.1. The van der Waals surface area contributed by atoms with E-state index >= 15 is 0 Å². The zero-order valence-electron chi connectivity index (χ0n) is 9.30. The molecule has 2 rings (SSSR count). The highest BCUT2D eigenvalue weighted by molar-refractivity contribution is 7.10. The fourth-order valence-corrected chi connectivity index (χ4v) is 2.26. The normalized spacial score (nSPS) is 10.2. The monoisotopic (exact) mass is 250 g/mol. The van der Waals surface area contributed by atoms with E-state index in [0.717, 1.165) is 10.4 Å². The third kappa shape index (κ3) is 1.96. The number of hydrogen-bond acceptors (Lipinski definition) is 6. The lowest BCUT2D eigenvalue weighted by Crippen LogP contribution is -2.03. The van der Waals surface area contributed by atoms with Crippen LogP contribution in [0.25, 0.3) is 11.3 Å². The molecule has 0 spiro atoms. The van der Waals surface area contributed by atoms with Gasteiger partial charge in [0, 0.05) is 17.5 Å². The Morgan fingerprint density at radius 2 is 2.24 bits per heavy atom. The van der Waals surface area contributed by atoms with E-state index in [1.807, 2.05) is 18.4 Å². The van der Waals surface area contributed by atoms with Crippen LogP contribution in [-0.4, -0.2) is 21.9 Å². The summed E-state index contributed by atoms with van der Waals surface area (Å²) in [7, 11) is 1.60. The van der Waals surface area contributed by atoms with Gasteiger partial charge in [-0.15, -0.1) is 11.3 Å². The number of thiophene rings is 1. The third-order valence-electron chi connectivity index (χ3n) is 2.36. The molecule has 0 saturated heterocycles. The van der Waals surface area contributed by atoms with E-state index in [9.17, 15) is 10.1 Å². The van der Waals surface area contributed by atoms with Crippen LogP contribution in [0.15, 0.2) is 17.8 Å². The highest BCUT2D eigenvalue weighted by atomic mass is 32.1. The maximum atomic E-state index is 11.1. The summed E-state index contributed by atoms with van der Waals surface area (Å²) >= 11 is 1.53. The van der Waals surface area contributed by atoms with Crippen LogP contribution in [0.5, 0.6) is 0 Å². The molecule has 0 aliphatic carbocycles. The molecule has 0 unspecified atom stereocenters. The Morgan fingerprint density at radius 1 is 1.47 bits per heavy atom. The van der Waals surface area contributed by atoms with Crippen LogP contribution in [0.4, 0.5) is 11.5 Å². The number of hydrogen-bond donors (Lipinski definition) is 1. The first-order valence-electron chi connectivity index (χ1n) is 4.86. The number of nitro groups is 1. The lowest BCUT2D eigenvalue weighted by molar-refractivity contribution is -0.383. The van der Waals surface area contributed by atoms with Gasteiger partial charge in [0.25, 0.3) is 0 Å². The predicted molar refractivity (Wildman–Crippen MR) is 66.3 cm³/mol. The number of anilines is 1. The molecule has 1 N–H and O–H groups in total. The van der Waals surface area contributed by atoms with Gasteiger partial charge in [-0.25, -0.2) is 9.97 Å². The quantitative estimate of drug-likeness (QED) is 0.668. The molecule has 88 valence electrons. The molecule has 2 heterocycles. The van der Waals surface area contributed by atoms with E-state index in [2.05, 4.69) is 15.3 Å². The number of aryl methyl sites for hydroxylation is 1. The molecule has 7 heteroatoms. The van der Waals surface area contributed by atoms with Crippen LogP contribution in [-0.2, 0) is 0 Å². The summed E-state index contributed by atoms with van der Waals surface area (Å²) in [5.41, 5.74) is 1.05. The zero-order chi connectivity index (χ0) is 12.4. The molecule has 0 fully saturated rings. The standard InChI is InChI=1S/C10H10N4O2S/c1-6-7(3-4-17-6)8-9(14(15)16)10(11-2)13-5-12-8/h3-5H,1-2H3,(H,11,12,13). The van der Waals surface area contributed by atoms with Gasteiger partial charge in [0.1, 0.15) is 6.33 Å². The first kappa shape index (κ1) is 11.5. The molecule has 0 radical (unpaired) electrons. The minimum Gasteiger partial charge on any atom is -0.367 e. The van der Waals surface area contributed by atoms with Crippen molar-refractivity contribution in [1.29, 1.82) is 0 Å². The average molecular weight is 250 g/mol. The second kappa shape index (κ2) is 4.46. The van der Waals surface area contributed by atoms with Gasteiger partial charge in [0.15, 0.2) is 5.69 Å². The van der Waals surface area contributed by atoms with E-state index < -0.39 is 4.92 Å². The molecule has 6 nitrogen and oxygen atoms in total. The summed E-state index contributed by atoms with van der Waals surface area (Å²) in [6.07, 6.45) is 1.32. The predicted octanol–water partition coefficient (Wildman–Crippen LogP) is 2.46. The van der Waals surface area contributed by atoms with Crippen molar-refractivity contribution in [2.75, 3.05) is 12.4 Å².